The summed E-state index contributed by atoms with van der Waals surface area (Å²) in [5, 5.41) is 14.5. The Hall–Kier alpha value is -2.11. The highest BCUT2D eigenvalue weighted by atomic mass is 16.4. The Morgan fingerprint density at radius 3 is 2.68 bits per heavy atom. The fourth-order valence-electron chi connectivity index (χ4n) is 2.38. The molecule has 1 aromatic rings. The van der Waals surface area contributed by atoms with Crippen LogP contribution >= 0.6 is 0 Å². The van der Waals surface area contributed by atoms with Gasteiger partial charge in [0.05, 0.1) is 17.3 Å². The molecule has 0 aliphatic heterocycles. The summed E-state index contributed by atoms with van der Waals surface area (Å²) in [5.41, 5.74) is -0.220. The number of carboxylic acid groups (broad SMARTS) is 1. The molecule has 1 aliphatic rings. The number of anilines is 1. The Morgan fingerprint density at radius 2 is 2.11 bits per heavy atom. The van der Waals surface area contributed by atoms with Crippen LogP contribution in [0.2, 0.25) is 0 Å². The van der Waals surface area contributed by atoms with E-state index >= 15 is 0 Å². The van der Waals surface area contributed by atoms with Crippen LogP contribution in [0.3, 0.4) is 0 Å². The third-order valence-corrected chi connectivity index (χ3v) is 3.52. The average molecular weight is 263 g/mol. The lowest BCUT2D eigenvalue weighted by atomic mass is 9.86. The smallest absolute Gasteiger partial charge is 0.319 e. The minimum Gasteiger partial charge on any atom is -0.481 e. The number of nitrogens with one attached hydrogen (secondary N) is 2. The van der Waals surface area contributed by atoms with Gasteiger partial charge in [-0.25, -0.2) is 4.79 Å². The number of nitrogens with zero attached hydrogens (tertiary/aromatic N) is 1. The first-order valence-electron chi connectivity index (χ1n) is 6.31. The van der Waals surface area contributed by atoms with Crippen molar-refractivity contribution in [2.24, 2.45) is 5.41 Å². The van der Waals surface area contributed by atoms with Gasteiger partial charge in [0.15, 0.2) is 0 Å². The first kappa shape index (κ1) is 13.3. The lowest BCUT2D eigenvalue weighted by Crippen LogP contribution is -2.42. The highest BCUT2D eigenvalue weighted by Crippen LogP contribution is 2.37. The molecule has 6 heteroatoms. The van der Waals surface area contributed by atoms with E-state index in [4.69, 9.17) is 0 Å². The van der Waals surface area contributed by atoms with Gasteiger partial charge in [0.25, 0.3) is 0 Å². The van der Waals surface area contributed by atoms with Gasteiger partial charge in [0.1, 0.15) is 0 Å². The SMILES string of the molecule is O=C(NCC1(C(=O)O)CCCC1)Nc1cccnc1. The second kappa shape index (κ2) is 5.69. The van der Waals surface area contributed by atoms with Gasteiger partial charge in [-0.05, 0) is 25.0 Å². The summed E-state index contributed by atoms with van der Waals surface area (Å²) in [7, 11) is 0. The van der Waals surface area contributed by atoms with Crippen molar-refractivity contribution in [3.63, 3.8) is 0 Å². The molecule has 6 nitrogen and oxygen atoms in total. The van der Waals surface area contributed by atoms with Gasteiger partial charge in [-0.15, -0.1) is 0 Å². The lowest BCUT2D eigenvalue weighted by Gasteiger charge is -2.23. The van der Waals surface area contributed by atoms with Crippen molar-refractivity contribution < 1.29 is 14.7 Å². The zero-order valence-corrected chi connectivity index (χ0v) is 10.6. The Balaban J connectivity index is 1.88. The summed E-state index contributed by atoms with van der Waals surface area (Å²) in [6.07, 6.45) is 6.19. The molecule has 1 aromatic heterocycles. The van der Waals surface area contributed by atoms with Gasteiger partial charge in [-0.1, -0.05) is 12.8 Å². The molecule has 0 radical (unpaired) electrons. The summed E-state index contributed by atoms with van der Waals surface area (Å²) < 4.78 is 0. The van der Waals surface area contributed by atoms with E-state index < -0.39 is 17.4 Å². The monoisotopic (exact) mass is 263 g/mol. The summed E-state index contributed by atoms with van der Waals surface area (Å²) in [6, 6.07) is 3.03. The molecule has 102 valence electrons. The Kier molecular flexibility index (Phi) is 3.99. The molecule has 3 N–H and O–H groups in total. The molecule has 0 unspecified atom stereocenters. The van der Waals surface area contributed by atoms with Crippen molar-refractivity contribution in [1.82, 2.24) is 10.3 Å². The van der Waals surface area contributed by atoms with E-state index in [2.05, 4.69) is 15.6 Å². The molecule has 0 aromatic carbocycles. The molecule has 1 fully saturated rings. The van der Waals surface area contributed by atoms with Crippen LogP contribution in [0.1, 0.15) is 25.7 Å². The van der Waals surface area contributed by atoms with E-state index in [-0.39, 0.29) is 6.54 Å². The highest BCUT2D eigenvalue weighted by molar-refractivity contribution is 5.89. The number of urea groups is 1. The molecule has 0 saturated heterocycles. The van der Waals surface area contributed by atoms with Crippen LogP contribution in [0.25, 0.3) is 0 Å². The second-order valence-corrected chi connectivity index (χ2v) is 4.84. The predicted molar refractivity (Wildman–Crippen MR) is 69.8 cm³/mol. The number of hydrogen-bond donors (Lipinski definition) is 3. The van der Waals surface area contributed by atoms with E-state index in [9.17, 15) is 14.7 Å². The maximum absolute atomic E-state index is 11.7. The van der Waals surface area contributed by atoms with Gasteiger partial charge in [-0.3, -0.25) is 9.78 Å². The zero-order chi connectivity index (χ0) is 13.7. The van der Waals surface area contributed by atoms with Gasteiger partial charge >= 0.3 is 12.0 Å². The van der Waals surface area contributed by atoms with Gasteiger partial charge in [0.2, 0.25) is 0 Å². The third kappa shape index (κ3) is 3.21. The Morgan fingerprint density at radius 1 is 1.37 bits per heavy atom. The van der Waals surface area contributed by atoms with Gasteiger partial charge < -0.3 is 15.7 Å². The van der Waals surface area contributed by atoms with Crippen LogP contribution in [-0.4, -0.2) is 28.6 Å². The molecule has 0 atom stereocenters. The summed E-state index contributed by atoms with van der Waals surface area (Å²) >= 11 is 0. The fourth-order valence-corrected chi connectivity index (χ4v) is 2.38. The quantitative estimate of drug-likeness (QED) is 0.773. The van der Waals surface area contributed by atoms with E-state index in [1.807, 2.05) is 0 Å². The molecule has 1 heterocycles. The average Bonchev–Trinajstić information content (AvgIpc) is 2.88. The first-order chi connectivity index (χ1) is 9.12. The van der Waals surface area contributed by atoms with Crippen LogP contribution in [0, 0.1) is 5.41 Å². The van der Waals surface area contributed by atoms with Crippen LogP contribution in [0.15, 0.2) is 24.5 Å². The van der Waals surface area contributed by atoms with E-state index in [1.165, 1.54) is 6.20 Å². The minimum atomic E-state index is -0.827. The number of aromatic nitrogens is 1. The van der Waals surface area contributed by atoms with Crippen LogP contribution in [0.4, 0.5) is 10.5 Å². The van der Waals surface area contributed by atoms with Crippen molar-refractivity contribution >= 4 is 17.7 Å². The molecular formula is C13H17N3O3. The van der Waals surface area contributed by atoms with Crippen LogP contribution in [-0.2, 0) is 4.79 Å². The first-order valence-corrected chi connectivity index (χ1v) is 6.31. The summed E-state index contributed by atoms with van der Waals surface area (Å²) in [5.74, 6) is -0.827. The van der Waals surface area contributed by atoms with Crippen LogP contribution < -0.4 is 10.6 Å². The van der Waals surface area contributed by atoms with Crippen molar-refractivity contribution in [1.29, 1.82) is 0 Å². The second-order valence-electron chi connectivity index (χ2n) is 4.84. The molecular weight excluding hydrogens is 246 g/mol. The molecule has 2 rings (SSSR count). The fraction of sp³-hybridized carbons (Fsp3) is 0.462. The van der Waals surface area contributed by atoms with E-state index in [0.29, 0.717) is 18.5 Å². The molecule has 2 amide bonds. The highest BCUT2D eigenvalue weighted by Gasteiger charge is 2.41. The molecule has 1 saturated carbocycles. The lowest BCUT2D eigenvalue weighted by molar-refractivity contribution is -0.148. The number of carboxylic acids is 1. The Labute approximate surface area is 111 Å². The molecule has 0 spiro atoms. The normalized spacial score (nSPS) is 16.8. The minimum absolute atomic E-state index is 0.161. The maximum Gasteiger partial charge on any atom is 0.319 e. The predicted octanol–water partition coefficient (Wildman–Crippen LogP) is 1.85. The number of carbonyl (C=O) groups excluding carboxylic acids is 1. The number of amides is 2. The van der Waals surface area contributed by atoms with Gasteiger partial charge in [-0.2, -0.15) is 0 Å². The molecule has 19 heavy (non-hydrogen) atoms. The maximum atomic E-state index is 11.7. The standard InChI is InChI=1S/C13H17N3O3/c17-11(18)13(5-1-2-6-13)9-15-12(19)16-10-4-3-7-14-8-10/h3-4,7-8H,1-2,5-6,9H2,(H,17,18)(H2,15,16,19). The molecule has 1 aliphatic carbocycles. The van der Waals surface area contributed by atoms with Crippen LogP contribution in [0.5, 0.6) is 0 Å². The van der Waals surface area contributed by atoms with E-state index in [0.717, 1.165) is 12.8 Å². The zero-order valence-electron chi connectivity index (χ0n) is 10.6. The van der Waals surface area contributed by atoms with E-state index in [1.54, 1.807) is 18.3 Å². The largest absolute Gasteiger partial charge is 0.481 e. The van der Waals surface area contributed by atoms with Gasteiger partial charge in [0, 0.05) is 12.7 Å². The number of pyridine rings is 1. The van der Waals surface area contributed by atoms with Crippen molar-refractivity contribution in [2.75, 3.05) is 11.9 Å². The molecule has 0 bridgehead atoms. The summed E-state index contributed by atoms with van der Waals surface area (Å²) in [4.78, 5) is 26.9. The van der Waals surface area contributed by atoms with Crippen molar-refractivity contribution in [3.05, 3.63) is 24.5 Å². The third-order valence-electron chi connectivity index (χ3n) is 3.52. The number of rotatable bonds is 4. The Bertz CT molecular complexity index is 455. The number of carbonyl (C=O) groups is 2. The number of hydrogen-bond acceptors (Lipinski definition) is 3. The van der Waals surface area contributed by atoms with Crippen molar-refractivity contribution in [2.45, 2.75) is 25.7 Å². The summed E-state index contributed by atoms with van der Waals surface area (Å²) in [6.45, 7) is 0.161. The number of aliphatic carboxylic acids is 1. The topological polar surface area (TPSA) is 91.3 Å². The van der Waals surface area contributed by atoms with Crippen molar-refractivity contribution in [3.8, 4) is 0 Å².